The number of pyridine rings is 1. The molecule has 2 heterocycles. The van der Waals surface area contributed by atoms with Gasteiger partial charge in [-0.05, 0) is 40.5 Å². The van der Waals surface area contributed by atoms with E-state index in [1.165, 1.54) is 7.05 Å². The average Bonchev–Trinajstić information content (AvgIpc) is 3.16. The normalized spacial score (nSPS) is 11.8. The van der Waals surface area contributed by atoms with Crippen LogP contribution in [0, 0.1) is 0 Å². The summed E-state index contributed by atoms with van der Waals surface area (Å²) in [4.78, 5) is 27.5. The maximum absolute atomic E-state index is 12.2. The van der Waals surface area contributed by atoms with E-state index in [9.17, 15) is 14.8 Å². The van der Waals surface area contributed by atoms with Crippen LogP contribution in [0.5, 0.6) is 0 Å². The van der Waals surface area contributed by atoms with Crippen LogP contribution in [0.15, 0.2) is 67.3 Å². The number of hydrogen-bond donors (Lipinski definition) is 2. The molecule has 0 aliphatic heterocycles. The van der Waals surface area contributed by atoms with Gasteiger partial charge in [0.1, 0.15) is 6.04 Å². The zero-order valence-corrected chi connectivity index (χ0v) is 14.8. The zero-order chi connectivity index (χ0) is 19.4. The summed E-state index contributed by atoms with van der Waals surface area (Å²) in [7, 11) is 1.22. The third-order valence-electron chi connectivity index (χ3n) is 4.30. The van der Waals surface area contributed by atoms with Crippen LogP contribution in [0.25, 0.3) is 22.3 Å². The van der Waals surface area contributed by atoms with Crippen LogP contribution < -0.4 is 5.73 Å². The summed E-state index contributed by atoms with van der Waals surface area (Å²) in [5, 5.41) is 9.91. The standard InChI is InChI=1S/C20H20N4O3/c1-23(27)20(26)18(12-19(21)25)24-11-8-17(13-24)15-4-2-14(3-5-15)16-6-9-22-10-7-16/h2-11,13,18,27H,12H2,1H3,(H2,21,25)/t18-/m1/s1. The van der Waals surface area contributed by atoms with E-state index < -0.39 is 17.9 Å². The first kappa shape index (κ1) is 18.3. The minimum Gasteiger partial charge on any atom is -0.370 e. The number of carbonyl (C=O) groups excluding carboxylic acids is 2. The molecule has 3 N–H and O–H groups in total. The van der Waals surface area contributed by atoms with Crippen molar-refractivity contribution in [2.45, 2.75) is 12.5 Å². The molecule has 0 radical (unpaired) electrons. The Bertz CT molecular complexity index is 933. The van der Waals surface area contributed by atoms with Crippen molar-refractivity contribution in [3.63, 3.8) is 0 Å². The van der Waals surface area contributed by atoms with Crippen molar-refractivity contribution in [3.8, 4) is 22.3 Å². The second-order valence-electron chi connectivity index (χ2n) is 6.21. The summed E-state index contributed by atoms with van der Waals surface area (Å²) in [5.74, 6) is -1.23. The molecule has 2 aromatic heterocycles. The molecule has 0 bridgehead atoms. The van der Waals surface area contributed by atoms with Gasteiger partial charge in [0.25, 0.3) is 5.91 Å². The second-order valence-corrected chi connectivity index (χ2v) is 6.21. The average molecular weight is 364 g/mol. The molecule has 1 atom stereocenters. The van der Waals surface area contributed by atoms with Gasteiger partial charge in [-0.3, -0.25) is 19.8 Å². The van der Waals surface area contributed by atoms with Gasteiger partial charge >= 0.3 is 0 Å². The molecule has 7 heteroatoms. The fourth-order valence-electron chi connectivity index (χ4n) is 2.90. The molecule has 0 aliphatic carbocycles. The Hall–Kier alpha value is -3.45. The molecule has 0 aliphatic rings. The van der Waals surface area contributed by atoms with E-state index in [0.29, 0.717) is 5.06 Å². The number of hydroxylamine groups is 2. The topological polar surface area (TPSA) is 101 Å². The highest BCUT2D eigenvalue weighted by molar-refractivity contribution is 5.86. The fraction of sp³-hybridized carbons (Fsp3) is 0.150. The molecule has 3 rings (SSSR count). The van der Waals surface area contributed by atoms with E-state index in [1.807, 2.05) is 42.5 Å². The number of rotatable bonds is 6. The first-order chi connectivity index (χ1) is 13.0. The molecule has 3 aromatic rings. The molecule has 1 aromatic carbocycles. The van der Waals surface area contributed by atoms with E-state index in [4.69, 9.17) is 5.73 Å². The summed E-state index contributed by atoms with van der Waals surface area (Å²) in [6.45, 7) is 0. The lowest BCUT2D eigenvalue weighted by molar-refractivity contribution is -0.164. The third-order valence-corrected chi connectivity index (χ3v) is 4.30. The molecule has 138 valence electrons. The van der Waals surface area contributed by atoms with Crippen molar-refractivity contribution in [1.29, 1.82) is 0 Å². The number of carbonyl (C=O) groups is 2. The Morgan fingerprint density at radius 3 is 2.15 bits per heavy atom. The van der Waals surface area contributed by atoms with Crippen molar-refractivity contribution in [1.82, 2.24) is 14.6 Å². The Morgan fingerprint density at radius 2 is 1.59 bits per heavy atom. The SMILES string of the molecule is CN(O)C(=O)[C@@H](CC(N)=O)n1ccc(-c2ccc(-c3ccncc3)cc2)c1. The van der Waals surface area contributed by atoms with Crippen molar-refractivity contribution in [2.24, 2.45) is 5.73 Å². The summed E-state index contributed by atoms with van der Waals surface area (Å²) in [5.41, 5.74) is 9.25. The van der Waals surface area contributed by atoms with Gasteiger partial charge in [-0.15, -0.1) is 0 Å². The lowest BCUT2D eigenvalue weighted by Gasteiger charge is -2.19. The highest BCUT2D eigenvalue weighted by Gasteiger charge is 2.25. The van der Waals surface area contributed by atoms with Gasteiger partial charge in [0, 0.05) is 31.8 Å². The number of primary amides is 1. The molecule has 2 amide bonds. The van der Waals surface area contributed by atoms with E-state index in [-0.39, 0.29) is 6.42 Å². The predicted molar refractivity (Wildman–Crippen MR) is 101 cm³/mol. The molecule has 0 spiro atoms. The number of benzene rings is 1. The number of nitrogens with two attached hydrogens (primary N) is 1. The number of likely N-dealkylation sites (N-methyl/N-ethyl adjacent to an activating group) is 1. The van der Waals surface area contributed by atoms with Gasteiger partial charge in [0.05, 0.1) is 6.42 Å². The Morgan fingerprint density at radius 1 is 1.04 bits per heavy atom. The van der Waals surface area contributed by atoms with E-state index >= 15 is 0 Å². The van der Waals surface area contributed by atoms with Crippen LogP contribution >= 0.6 is 0 Å². The van der Waals surface area contributed by atoms with Crippen LogP contribution in [-0.4, -0.2) is 38.7 Å². The largest absolute Gasteiger partial charge is 0.370 e. The van der Waals surface area contributed by atoms with E-state index in [2.05, 4.69) is 4.98 Å². The van der Waals surface area contributed by atoms with Gasteiger partial charge in [0.15, 0.2) is 0 Å². The molecule has 27 heavy (non-hydrogen) atoms. The lowest BCUT2D eigenvalue weighted by atomic mass is 10.0. The summed E-state index contributed by atoms with van der Waals surface area (Å²) < 4.78 is 1.59. The van der Waals surface area contributed by atoms with Gasteiger partial charge in [-0.25, -0.2) is 5.06 Å². The maximum atomic E-state index is 12.2. The Balaban J connectivity index is 1.86. The van der Waals surface area contributed by atoms with Crippen molar-refractivity contribution in [3.05, 3.63) is 67.3 Å². The molecule has 0 fully saturated rings. The highest BCUT2D eigenvalue weighted by Crippen LogP contribution is 2.26. The summed E-state index contributed by atoms with van der Waals surface area (Å²) in [6.07, 6.45) is 6.76. The smallest absolute Gasteiger partial charge is 0.269 e. The first-order valence-corrected chi connectivity index (χ1v) is 8.39. The third kappa shape index (κ3) is 4.21. The number of nitrogens with zero attached hydrogens (tertiary/aromatic N) is 3. The van der Waals surface area contributed by atoms with Gasteiger partial charge in [0.2, 0.25) is 5.91 Å². The van der Waals surface area contributed by atoms with E-state index in [0.717, 1.165) is 22.3 Å². The lowest BCUT2D eigenvalue weighted by Crippen LogP contribution is -2.34. The van der Waals surface area contributed by atoms with Crippen molar-refractivity contribution in [2.75, 3.05) is 7.05 Å². The zero-order valence-electron chi connectivity index (χ0n) is 14.8. The molecule has 7 nitrogen and oxygen atoms in total. The van der Waals surface area contributed by atoms with Gasteiger partial charge in [-0.2, -0.15) is 0 Å². The highest BCUT2D eigenvalue weighted by atomic mass is 16.5. The van der Waals surface area contributed by atoms with Crippen molar-refractivity contribution < 1.29 is 14.8 Å². The Kier molecular flexibility index (Phi) is 5.33. The minimum absolute atomic E-state index is 0.196. The number of aromatic nitrogens is 2. The molecular formula is C20H20N4O3. The first-order valence-electron chi connectivity index (χ1n) is 8.39. The minimum atomic E-state index is -0.887. The Labute approximate surface area is 156 Å². The number of amides is 2. The maximum Gasteiger partial charge on any atom is 0.269 e. The van der Waals surface area contributed by atoms with E-state index in [1.54, 1.807) is 29.4 Å². The summed E-state index contributed by atoms with van der Waals surface area (Å²) in [6, 6.07) is 12.8. The molecular weight excluding hydrogens is 344 g/mol. The molecule has 0 saturated carbocycles. The fourth-order valence-corrected chi connectivity index (χ4v) is 2.90. The predicted octanol–water partition coefficient (Wildman–Crippen LogP) is 2.48. The van der Waals surface area contributed by atoms with Crippen LogP contribution in [0.4, 0.5) is 0 Å². The quantitative estimate of drug-likeness (QED) is 0.518. The van der Waals surface area contributed by atoms with Gasteiger partial charge in [-0.1, -0.05) is 24.3 Å². The van der Waals surface area contributed by atoms with Crippen molar-refractivity contribution >= 4 is 11.8 Å². The van der Waals surface area contributed by atoms with Gasteiger partial charge < -0.3 is 10.3 Å². The monoisotopic (exact) mass is 364 g/mol. The van der Waals surface area contributed by atoms with Crippen LogP contribution in [-0.2, 0) is 9.59 Å². The molecule has 0 saturated heterocycles. The molecule has 0 unspecified atom stereocenters. The van der Waals surface area contributed by atoms with Crippen LogP contribution in [0.3, 0.4) is 0 Å². The number of hydrogen-bond acceptors (Lipinski definition) is 4. The summed E-state index contributed by atoms with van der Waals surface area (Å²) >= 11 is 0. The van der Waals surface area contributed by atoms with Crippen LogP contribution in [0.2, 0.25) is 0 Å². The second kappa shape index (κ2) is 7.84. The van der Waals surface area contributed by atoms with Crippen LogP contribution in [0.1, 0.15) is 12.5 Å².